The molecule has 2 aliphatic rings. The number of esters is 1. The van der Waals surface area contributed by atoms with E-state index < -0.39 is 38.7 Å². The van der Waals surface area contributed by atoms with Gasteiger partial charge in [0, 0.05) is 4.75 Å². The van der Waals surface area contributed by atoms with Crippen molar-refractivity contribution in [3.05, 3.63) is 52.0 Å². The Morgan fingerprint density at radius 1 is 1.21 bits per heavy atom. The third-order valence-corrected chi connectivity index (χ3v) is 7.67. The average molecular weight is 501 g/mol. The van der Waals surface area contributed by atoms with Crippen molar-refractivity contribution in [3.63, 3.8) is 0 Å². The largest absolute Gasteiger partial charge is 0.519 e. The van der Waals surface area contributed by atoms with E-state index in [0.29, 0.717) is 0 Å². The second-order valence-electron chi connectivity index (χ2n) is 8.12. The van der Waals surface area contributed by atoms with E-state index in [0.717, 1.165) is 5.56 Å². The van der Waals surface area contributed by atoms with E-state index in [1.807, 2.05) is 20.8 Å². The SMILES string of the molecule is Cc1ccc(S(=O)(=O)O)cc1.Cc1oc(=O)oc1COC(=O)[C@@H]1N2C(=O)[C@@H](N)[C@H]2SC1(C)C. The highest BCUT2D eigenvalue weighted by atomic mass is 32.2. The lowest BCUT2D eigenvalue weighted by Gasteiger charge is -2.41. The monoisotopic (exact) mass is 500 g/mol. The molecule has 1 amide bonds. The number of β-lactam (4-membered cyclic amide) rings is 1. The zero-order valence-electron chi connectivity index (χ0n) is 18.3. The van der Waals surface area contributed by atoms with Crippen LogP contribution in [0.15, 0.2) is 42.8 Å². The number of aryl methyl sites for hydroxylation is 2. The Kier molecular flexibility index (Phi) is 6.80. The summed E-state index contributed by atoms with van der Waals surface area (Å²) in [6.45, 7) is 6.90. The molecule has 3 heterocycles. The summed E-state index contributed by atoms with van der Waals surface area (Å²) >= 11 is 1.48. The van der Waals surface area contributed by atoms with Crippen molar-refractivity contribution in [1.29, 1.82) is 0 Å². The maximum atomic E-state index is 12.4. The van der Waals surface area contributed by atoms with Crippen molar-refractivity contribution >= 4 is 33.8 Å². The third kappa shape index (κ3) is 5.16. The second-order valence-corrected chi connectivity index (χ2v) is 11.3. The molecule has 3 atom stereocenters. The number of nitrogens with two attached hydrogens (primary N) is 1. The second kappa shape index (κ2) is 8.97. The first-order valence-corrected chi connectivity index (χ1v) is 12.1. The predicted octanol–water partition coefficient (Wildman–Crippen LogP) is 1.22. The Bertz CT molecular complexity index is 1210. The van der Waals surface area contributed by atoms with Gasteiger partial charge in [0.2, 0.25) is 5.91 Å². The first-order valence-electron chi connectivity index (χ1n) is 9.78. The maximum Gasteiger partial charge on any atom is 0.519 e. The lowest BCUT2D eigenvalue weighted by Crippen LogP contribution is -2.68. The Labute approximate surface area is 194 Å². The van der Waals surface area contributed by atoms with E-state index in [1.165, 1.54) is 35.7 Å². The highest BCUT2D eigenvalue weighted by molar-refractivity contribution is 8.01. The van der Waals surface area contributed by atoms with Crippen LogP contribution in [0.25, 0.3) is 0 Å². The van der Waals surface area contributed by atoms with Gasteiger partial charge in [-0.25, -0.2) is 9.59 Å². The zero-order chi connectivity index (χ0) is 24.7. The summed E-state index contributed by atoms with van der Waals surface area (Å²) in [4.78, 5) is 36.6. The number of carbonyl (C=O) groups is 2. The minimum absolute atomic E-state index is 0.0666. The highest BCUT2D eigenvalue weighted by Gasteiger charge is 2.63. The number of hydrogen-bond donors (Lipinski definition) is 2. The topological polar surface area (TPSA) is 170 Å². The number of amides is 1. The van der Waals surface area contributed by atoms with Gasteiger partial charge in [0.25, 0.3) is 10.1 Å². The minimum atomic E-state index is -4.02. The fourth-order valence-electron chi connectivity index (χ4n) is 3.45. The van der Waals surface area contributed by atoms with Crippen LogP contribution >= 0.6 is 11.8 Å². The van der Waals surface area contributed by atoms with Crippen molar-refractivity contribution in [2.45, 2.75) is 61.4 Å². The molecular weight excluding hydrogens is 476 g/mol. The molecule has 2 aliphatic heterocycles. The van der Waals surface area contributed by atoms with Gasteiger partial charge >= 0.3 is 11.8 Å². The van der Waals surface area contributed by atoms with Crippen LogP contribution in [-0.4, -0.2) is 52.0 Å². The molecule has 0 radical (unpaired) electrons. The normalized spacial score (nSPS) is 23.3. The van der Waals surface area contributed by atoms with Gasteiger partial charge in [-0.1, -0.05) is 17.7 Å². The van der Waals surface area contributed by atoms with E-state index in [2.05, 4.69) is 0 Å². The molecule has 0 unspecified atom stereocenters. The zero-order valence-corrected chi connectivity index (χ0v) is 19.9. The molecule has 0 saturated carbocycles. The van der Waals surface area contributed by atoms with Crippen molar-refractivity contribution in [3.8, 4) is 0 Å². The molecule has 33 heavy (non-hydrogen) atoms. The number of ether oxygens (including phenoxy) is 1. The van der Waals surface area contributed by atoms with E-state index in [9.17, 15) is 22.8 Å². The van der Waals surface area contributed by atoms with Gasteiger partial charge in [0.05, 0.1) is 4.90 Å². The van der Waals surface area contributed by atoms with Crippen molar-refractivity contribution < 1.29 is 36.1 Å². The Hall–Kier alpha value is -2.61. The molecule has 1 aromatic heterocycles. The fourth-order valence-corrected chi connectivity index (χ4v) is 5.50. The fraction of sp³-hybridized carbons (Fsp3) is 0.450. The number of benzene rings is 1. The third-order valence-electron chi connectivity index (χ3n) is 5.21. The van der Waals surface area contributed by atoms with Crippen molar-refractivity contribution in [2.75, 3.05) is 0 Å². The van der Waals surface area contributed by atoms with Gasteiger partial charge in [-0.2, -0.15) is 8.42 Å². The number of carbonyl (C=O) groups excluding carboxylic acids is 2. The van der Waals surface area contributed by atoms with Crippen molar-refractivity contribution in [1.82, 2.24) is 4.90 Å². The van der Waals surface area contributed by atoms with E-state index in [1.54, 1.807) is 12.1 Å². The smallest absolute Gasteiger partial charge is 0.456 e. The van der Waals surface area contributed by atoms with Gasteiger partial charge in [0.15, 0.2) is 18.1 Å². The van der Waals surface area contributed by atoms with Gasteiger partial charge < -0.3 is 24.2 Å². The Morgan fingerprint density at radius 2 is 1.82 bits per heavy atom. The Balaban J connectivity index is 0.000000235. The minimum Gasteiger partial charge on any atom is -0.456 e. The van der Waals surface area contributed by atoms with Crippen LogP contribution in [0.1, 0.15) is 30.9 Å². The first kappa shape index (κ1) is 25.0. The van der Waals surface area contributed by atoms with Crippen LogP contribution in [0.3, 0.4) is 0 Å². The first-order chi connectivity index (χ1) is 15.2. The predicted molar refractivity (Wildman–Crippen MR) is 117 cm³/mol. The molecule has 2 aromatic rings. The van der Waals surface area contributed by atoms with Crippen molar-refractivity contribution in [2.24, 2.45) is 5.73 Å². The van der Waals surface area contributed by atoms with Crippen LogP contribution in [0.5, 0.6) is 0 Å². The number of nitrogens with zero attached hydrogens (tertiary/aromatic N) is 1. The summed E-state index contributed by atoms with van der Waals surface area (Å²) in [5.41, 5.74) is 6.71. The van der Waals surface area contributed by atoms with Crippen LogP contribution < -0.4 is 11.6 Å². The van der Waals surface area contributed by atoms with E-state index in [4.69, 9.17) is 23.9 Å². The molecule has 0 aliphatic carbocycles. The molecule has 180 valence electrons. The molecule has 2 saturated heterocycles. The lowest BCUT2D eigenvalue weighted by atomic mass is 9.96. The molecule has 11 nitrogen and oxygen atoms in total. The van der Waals surface area contributed by atoms with E-state index in [-0.39, 0.29) is 34.3 Å². The number of thioether (sulfide) groups is 1. The van der Waals surface area contributed by atoms with Gasteiger partial charge in [-0.3, -0.25) is 9.35 Å². The molecule has 1 aromatic carbocycles. The molecule has 2 fully saturated rings. The molecule has 0 bridgehead atoms. The summed E-state index contributed by atoms with van der Waals surface area (Å²) in [5.74, 6) is -1.23. The molecule has 13 heteroatoms. The summed E-state index contributed by atoms with van der Waals surface area (Å²) in [6, 6.07) is 4.70. The average Bonchev–Trinajstić information content (AvgIpc) is 3.18. The molecule has 4 rings (SSSR count). The van der Waals surface area contributed by atoms with Gasteiger partial charge in [-0.15, -0.1) is 11.8 Å². The summed E-state index contributed by atoms with van der Waals surface area (Å²) in [6.07, 6.45) is 0. The molecule has 3 N–H and O–H groups in total. The summed E-state index contributed by atoms with van der Waals surface area (Å²) in [7, 11) is -4.02. The van der Waals surface area contributed by atoms with Crippen LogP contribution in [0.2, 0.25) is 0 Å². The standard InChI is InChI=1S/C13H16N2O6S.C7H8O3S/c1-5-6(21-12(18)20-5)4-19-11(17)8-13(2,3)22-10-7(14)9(16)15(8)10;1-6-2-4-7(5-3-6)11(8,9)10/h7-8,10H,4,14H2,1-3H3;2-5H,1H3,(H,8,9,10)/t7-,8+,10-;/m1./s1. The summed E-state index contributed by atoms with van der Waals surface area (Å²) < 4.78 is 43.7. The maximum absolute atomic E-state index is 12.4. The Morgan fingerprint density at radius 3 is 2.33 bits per heavy atom. The van der Waals surface area contributed by atoms with E-state index >= 15 is 0 Å². The summed E-state index contributed by atoms with van der Waals surface area (Å²) in [5, 5.41) is -0.200. The van der Waals surface area contributed by atoms with Gasteiger partial charge in [0.1, 0.15) is 17.5 Å². The quantitative estimate of drug-likeness (QED) is 0.351. The number of fused-ring (bicyclic) bond motifs is 1. The molecule has 0 spiro atoms. The number of rotatable bonds is 4. The van der Waals surface area contributed by atoms with Crippen LogP contribution in [0, 0.1) is 13.8 Å². The van der Waals surface area contributed by atoms with Gasteiger partial charge in [-0.05, 0) is 39.8 Å². The lowest BCUT2D eigenvalue weighted by molar-refractivity contribution is -0.164. The van der Waals surface area contributed by atoms with Crippen LogP contribution in [-0.2, 0) is 31.1 Å². The molecular formula is C20H24N2O9S2. The highest BCUT2D eigenvalue weighted by Crippen LogP contribution is 2.50. The number of hydrogen-bond acceptors (Lipinski definition) is 10. The van der Waals surface area contributed by atoms with Crippen LogP contribution in [0.4, 0.5) is 0 Å².